The third-order valence-electron chi connectivity index (χ3n) is 1.66. The van der Waals surface area contributed by atoms with E-state index >= 15 is 0 Å². The lowest BCUT2D eigenvalue weighted by molar-refractivity contribution is -0.128. The molecule has 0 aromatic heterocycles. The first kappa shape index (κ1) is 15.7. The lowest BCUT2D eigenvalue weighted by Gasteiger charge is -2.08. The Kier molecular flexibility index (Phi) is 7.27. The Balaban J connectivity index is 3.50. The first-order chi connectivity index (χ1) is 7.85. The summed E-state index contributed by atoms with van der Waals surface area (Å²) in [6, 6.07) is 0. The van der Waals surface area contributed by atoms with Gasteiger partial charge in [-0.2, -0.15) is 13.2 Å². The standard InChI is InChI=1S/C9H16F3N3O2/c1-2-14-7(16)3-4-15-8(17)5-13-6-9(10,11)12/h13H,2-6H2,1H3,(H,14,16)(H,15,17). The van der Waals surface area contributed by atoms with Crippen molar-refractivity contribution in [2.45, 2.75) is 19.5 Å². The SMILES string of the molecule is CCNC(=O)CCNC(=O)CNCC(F)(F)F. The van der Waals surface area contributed by atoms with Crippen molar-refractivity contribution in [2.24, 2.45) is 0 Å². The zero-order valence-electron chi connectivity index (χ0n) is 9.49. The zero-order valence-corrected chi connectivity index (χ0v) is 9.49. The van der Waals surface area contributed by atoms with Gasteiger partial charge in [0.15, 0.2) is 0 Å². The number of halogens is 3. The van der Waals surface area contributed by atoms with Gasteiger partial charge >= 0.3 is 6.18 Å². The predicted molar refractivity (Wildman–Crippen MR) is 55.2 cm³/mol. The fourth-order valence-electron chi connectivity index (χ4n) is 0.981. The van der Waals surface area contributed by atoms with Gasteiger partial charge in [0, 0.05) is 19.5 Å². The van der Waals surface area contributed by atoms with E-state index in [9.17, 15) is 22.8 Å². The molecule has 0 saturated carbocycles. The van der Waals surface area contributed by atoms with E-state index in [2.05, 4.69) is 10.6 Å². The number of alkyl halides is 3. The summed E-state index contributed by atoms with van der Waals surface area (Å²) >= 11 is 0. The lowest BCUT2D eigenvalue weighted by atomic mass is 10.4. The van der Waals surface area contributed by atoms with Crippen LogP contribution in [0.25, 0.3) is 0 Å². The Hall–Kier alpha value is -1.31. The number of nitrogens with one attached hydrogen (secondary N) is 3. The van der Waals surface area contributed by atoms with Crippen LogP contribution in [0.5, 0.6) is 0 Å². The van der Waals surface area contributed by atoms with Crippen molar-refractivity contribution in [1.82, 2.24) is 16.0 Å². The average Bonchev–Trinajstić information content (AvgIpc) is 2.16. The number of hydrogen-bond acceptors (Lipinski definition) is 3. The Morgan fingerprint density at radius 2 is 1.76 bits per heavy atom. The molecule has 3 N–H and O–H groups in total. The van der Waals surface area contributed by atoms with Gasteiger partial charge in [0.05, 0.1) is 13.1 Å². The molecule has 5 nitrogen and oxygen atoms in total. The van der Waals surface area contributed by atoms with Crippen LogP contribution in [-0.2, 0) is 9.59 Å². The van der Waals surface area contributed by atoms with Crippen LogP contribution in [0.4, 0.5) is 13.2 Å². The molecule has 0 saturated heterocycles. The minimum atomic E-state index is -4.33. The number of amides is 2. The van der Waals surface area contributed by atoms with Crippen molar-refractivity contribution in [3.63, 3.8) is 0 Å². The molecule has 8 heteroatoms. The molecule has 0 spiro atoms. The second kappa shape index (κ2) is 7.88. The second-order valence-corrected chi connectivity index (χ2v) is 3.27. The highest BCUT2D eigenvalue weighted by molar-refractivity contribution is 5.80. The summed E-state index contributed by atoms with van der Waals surface area (Å²) in [4.78, 5) is 21.9. The molecule has 0 radical (unpaired) electrons. The average molecular weight is 255 g/mol. The molecule has 0 aliphatic rings. The van der Waals surface area contributed by atoms with Crippen LogP contribution in [0.2, 0.25) is 0 Å². The molecule has 0 aliphatic carbocycles. The smallest absolute Gasteiger partial charge is 0.356 e. The van der Waals surface area contributed by atoms with Crippen molar-refractivity contribution in [3.05, 3.63) is 0 Å². The van der Waals surface area contributed by atoms with E-state index in [1.165, 1.54) is 0 Å². The highest BCUT2D eigenvalue weighted by Crippen LogP contribution is 2.11. The topological polar surface area (TPSA) is 70.2 Å². The van der Waals surface area contributed by atoms with Gasteiger partial charge in [-0.1, -0.05) is 0 Å². The minimum absolute atomic E-state index is 0.109. The fraction of sp³-hybridized carbons (Fsp3) is 0.778. The van der Waals surface area contributed by atoms with E-state index in [0.29, 0.717) is 6.54 Å². The molecule has 2 amide bonds. The third kappa shape index (κ3) is 11.0. The minimum Gasteiger partial charge on any atom is -0.356 e. The van der Waals surface area contributed by atoms with Crippen molar-refractivity contribution in [2.75, 3.05) is 26.2 Å². The summed E-state index contributed by atoms with van der Waals surface area (Å²) in [6.45, 7) is 0.738. The molecule has 0 aromatic carbocycles. The molecule has 100 valence electrons. The van der Waals surface area contributed by atoms with E-state index in [0.717, 1.165) is 0 Å². The number of hydrogen-bond donors (Lipinski definition) is 3. The molecule has 17 heavy (non-hydrogen) atoms. The van der Waals surface area contributed by atoms with Crippen molar-refractivity contribution in [1.29, 1.82) is 0 Å². The molecule has 0 fully saturated rings. The van der Waals surface area contributed by atoms with Gasteiger partial charge in [0.25, 0.3) is 0 Å². The molecule has 0 heterocycles. The molecule has 0 aliphatic heterocycles. The van der Waals surface area contributed by atoms with E-state index in [1.54, 1.807) is 6.92 Å². The maximum absolute atomic E-state index is 11.7. The number of carbonyl (C=O) groups excluding carboxylic acids is 2. The van der Waals surface area contributed by atoms with Crippen LogP contribution >= 0.6 is 0 Å². The summed E-state index contributed by atoms with van der Waals surface area (Å²) < 4.78 is 35.1. The highest BCUT2D eigenvalue weighted by atomic mass is 19.4. The van der Waals surface area contributed by atoms with Gasteiger partial charge in [-0.25, -0.2) is 0 Å². The van der Waals surface area contributed by atoms with E-state index < -0.39 is 25.2 Å². The monoisotopic (exact) mass is 255 g/mol. The summed E-state index contributed by atoms with van der Waals surface area (Å²) in [5.41, 5.74) is 0. The van der Waals surface area contributed by atoms with Crippen LogP contribution < -0.4 is 16.0 Å². The van der Waals surface area contributed by atoms with Crippen LogP contribution in [0.3, 0.4) is 0 Å². The van der Waals surface area contributed by atoms with Crippen LogP contribution in [0.1, 0.15) is 13.3 Å². The summed E-state index contributed by atoms with van der Waals surface area (Å²) in [6.07, 6.45) is -4.22. The van der Waals surface area contributed by atoms with Crippen LogP contribution in [0.15, 0.2) is 0 Å². The normalized spacial score (nSPS) is 11.1. The zero-order chi connectivity index (χ0) is 13.3. The Morgan fingerprint density at radius 1 is 1.12 bits per heavy atom. The Labute approximate surface area is 97.1 Å². The van der Waals surface area contributed by atoms with Crippen LogP contribution in [-0.4, -0.2) is 44.2 Å². The van der Waals surface area contributed by atoms with Crippen molar-refractivity contribution < 1.29 is 22.8 Å². The van der Waals surface area contributed by atoms with E-state index in [-0.39, 0.29) is 18.9 Å². The maximum Gasteiger partial charge on any atom is 0.401 e. The highest BCUT2D eigenvalue weighted by Gasteiger charge is 2.26. The second-order valence-electron chi connectivity index (χ2n) is 3.27. The Bertz CT molecular complexity index is 256. The largest absolute Gasteiger partial charge is 0.401 e. The predicted octanol–water partition coefficient (Wildman–Crippen LogP) is -0.219. The fourth-order valence-corrected chi connectivity index (χ4v) is 0.981. The molecule has 0 bridgehead atoms. The van der Waals surface area contributed by atoms with Gasteiger partial charge in [-0.3, -0.25) is 9.59 Å². The first-order valence-electron chi connectivity index (χ1n) is 5.16. The summed E-state index contributed by atoms with van der Waals surface area (Å²) in [5, 5.41) is 6.81. The van der Waals surface area contributed by atoms with Gasteiger partial charge < -0.3 is 16.0 Å². The van der Waals surface area contributed by atoms with Gasteiger partial charge in [0.2, 0.25) is 11.8 Å². The molecule has 0 rings (SSSR count). The third-order valence-corrected chi connectivity index (χ3v) is 1.66. The van der Waals surface area contributed by atoms with E-state index in [4.69, 9.17) is 0 Å². The molecular weight excluding hydrogens is 239 g/mol. The molecule has 0 atom stereocenters. The molecule has 0 aromatic rings. The van der Waals surface area contributed by atoms with Crippen molar-refractivity contribution in [3.8, 4) is 0 Å². The molecular formula is C9H16F3N3O2. The number of rotatable bonds is 7. The van der Waals surface area contributed by atoms with Crippen molar-refractivity contribution >= 4 is 11.8 Å². The Morgan fingerprint density at radius 3 is 2.29 bits per heavy atom. The van der Waals surface area contributed by atoms with Gasteiger partial charge in [-0.15, -0.1) is 0 Å². The van der Waals surface area contributed by atoms with Gasteiger partial charge in [-0.05, 0) is 6.92 Å². The summed E-state index contributed by atoms with van der Waals surface area (Å²) in [7, 11) is 0. The first-order valence-corrected chi connectivity index (χ1v) is 5.16. The van der Waals surface area contributed by atoms with Gasteiger partial charge in [0.1, 0.15) is 0 Å². The quantitative estimate of drug-likeness (QED) is 0.589. The maximum atomic E-state index is 11.7. The molecule has 0 unspecified atom stereocenters. The van der Waals surface area contributed by atoms with E-state index in [1.807, 2.05) is 5.32 Å². The van der Waals surface area contributed by atoms with Crippen LogP contribution in [0, 0.1) is 0 Å². The lowest BCUT2D eigenvalue weighted by Crippen LogP contribution is -2.39. The number of carbonyl (C=O) groups is 2. The summed E-state index contributed by atoms with van der Waals surface area (Å²) in [5.74, 6) is -0.783.